The number of carboxylic acids is 1. The monoisotopic (exact) mass is 354 g/mol. The number of carboxylic acid groups (broad SMARTS) is 1. The van der Waals surface area contributed by atoms with E-state index >= 15 is 0 Å². The van der Waals surface area contributed by atoms with E-state index in [4.69, 9.17) is 0 Å². The van der Waals surface area contributed by atoms with E-state index in [9.17, 15) is 9.90 Å². The van der Waals surface area contributed by atoms with Crippen LogP contribution in [0.4, 0.5) is 0 Å². The first kappa shape index (κ1) is 16.8. The molecule has 1 heterocycles. The lowest BCUT2D eigenvalue weighted by Gasteiger charge is -2.34. The fourth-order valence-electron chi connectivity index (χ4n) is 3.60. The Bertz CT molecular complexity index is 945. The Kier molecular flexibility index (Phi) is 4.30. The first-order chi connectivity index (χ1) is 13.2. The van der Waals surface area contributed by atoms with Gasteiger partial charge in [-0.15, -0.1) is 0 Å². The van der Waals surface area contributed by atoms with Crippen LogP contribution in [0, 0.1) is 0 Å². The normalized spacial score (nSPS) is 11.3. The van der Waals surface area contributed by atoms with E-state index in [0.717, 1.165) is 16.7 Å². The van der Waals surface area contributed by atoms with Gasteiger partial charge in [0.05, 0.1) is 6.20 Å². The predicted molar refractivity (Wildman–Crippen MR) is 104 cm³/mol. The summed E-state index contributed by atoms with van der Waals surface area (Å²) in [6.45, 7) is 0. The minimum Gasteiger partial charge on any atom is -0.477 e. The lowest BCUT2D eigenvalue weighted by Crippen LogP contribution is -2.32. The number of nitrogens with zero attached hydrogens (tertiary/aromatic N) is 1. The number of aromatic nitrogens is 2. The van der Waals surface area contributed by atoms with Crippen LogP contribution >= 0.6 is 0 Å². The molecule has 0 aliphatic carbocycles. The summed E-state index contributed by atoms with van der Waals surface area (Å²) in [5.41, 5.74) is 2.34. The van der Waals surface area contributed by atoms with Gasteiger partial charge in [0.15, 0.2) is 0 Å². The number of aromatic carboxylic acids is 1. The molecule has 0 spiro atoms. The van der Waals surface area contributed by atoms with E-state index in [0.29, 0.717) is 5.82 Å². The predicted octanol–water partition coefficient (Wildman–Crippen LogP) is 4.49. The van der Waals surface area contributed by atoms with E-state index in [1.807, 2.05) is 91.0 Å². The van der Waals surface area contributed by atoms with Crippen LogP contribution < -0.4 is 0 Å². The Balaban J connectivity index is 2.10. The SMILES string of the molecule is O=C(O)c1cnc(C(c2ccccc2)(c2ccccc2)c2ccccc2)[nH]1. The summed E-state index contributed by atoms with van der Waals surface area (Å²) in [6.07, 6.45) is 1.38. The molecule has 0 aliphatic rings. The van der Waals surface area contributed by atoms with Gasteiger partial charge in [-0.2, -0.15) is 0 Å². The molecule has 0 amide bonds. The van der Waals surface area contributed by atoms with Crippen molar-refractivity contribution in [2.24, 2.45) is 0 Å². The Labute approximate surface area is 157 Å². The lowest BCUT2D eigenvalue weighted by molar-refractivity contribution is 0.0691. The van der Waals surface area contributed by atoms with Gasteiger partial charge in [-0.25, -0.2) is 9.78 Å². The summed E-state index contributed by atoms with van der Waals surface area (Å²) in [5, 5.41) is 9.40. The zero-order valence-electron chi connectivity index (χ0n) is 14.5. The summed E-state index contributed by atoms with van der Waals surface area (Å²) >= 11 is 0. The van der Waals surface area contributed by atoms with E-state index in [2.05, 4.69) is 9.97 Å². The van der Waals surface area contributed by atoms with Gasteiger partial charge < -0.3 is 10.1 Å². The highest BCUT2D eigenvalue weighted by Gasteiger charge is 2.41. The number of imidazole rings is 1. The number of nitrogens with one attached hydrogen (secondary N) is 1. The van der Waals surface area contributed by atoms with Crippen LogP contribution in [-0.4, -0.2) is 21.0 Å². The molecule has 3 aromatic carbocycles. The van der Waals surface area contributed by atoms with Gasteiger partial charge in [0.1, 0.15) is 16.9 Å². The summed E-state index contributed by atoms with van der Waals surface area (Å²) in [5.74, 6) is -0.458. The summed E-state index contributed by atoms with van der Waals surface area (Å²) in [4.78, 5) is 19.0. The number of hydrogen-bond donors (Lipinski definition) is 2. The minimum absolute atomic E-state index is 0.0668. The number of carbonyl (C=O) groups is 1. The Morgan fingerprint density at radius 1 is 0.741 bits per heavy atom. The third-order valence-corrected chi connectivity index (χ3v) is 4.78. The van der Waals surface area contributed by atoms with E-state index in [1.165, 1.54) is 6.20 Å². The van der Waals surface area contributed by atoms with Crippen molar-refractivity contribution in [2.75, 3.05) is 0 Å². The van der Waals surface area contributed by atoms with Crippen molar-refractivity contribution < 1.29 is 9.90 Å². The van der Waals surface area contributed by atoms with Crippen molar-refractivity contribution in [1.82, 2.24) is 9.97 Å². The molecule has 4 aromatic rings. The molecule has 0 saturated heterocycles. The first-order valence-electron chi connectivity index (χ1n) is 8.68. The van der Waals surface area contributed by atoms with Crippen LogP contribution in [0.5, 0.6) is 0 Å². The van der Waals surface area contributed by atoms with Crippen molar-refractivity contribution in [2.45, 2.75) is 5.41 Å². The van der Waals surface area contributed by atoms with Gasteiger partial charge in [0.25, 0.3) is 0 Å². The van der Waals surface area contributed by atoms with Gasteiger partial charge in [-0.1, -0.05) is 91.0 Å². The zero-order chi connectivity index (χ0) is 18.7. The molecule has 4 heteroatoms. The van der Waals surface area contributed by atoms with Crippen LogP contribution in [0.3, 0.4) is 0 Å². The van der Waals surface area contributed by atoms with Gasteiger partial charge in [-0.05, 0) is 16.7 Å². The molecule has 0 saturated carbocycles. The maximum Gasteiger partial charge on any atom is 0.353 e. The number of rotatable bonds is 5. The van der Waals surface area contributed by atoms with Crippen molar-refractivity contribution in [1.29, 1.82) is 0 Å². The number of hydrogen-bond acceptors (Lipinski definition) is 2. The second kappa shape index (κ2) is 6.92. The van der Waals surface area contributed by atoms with Crippen LogP contribution in [0.1, 0.15) is 33.0 Å². The average Bonchev–Trinajstić information content (AvgIpc) is 3.22. The molecule has 0 bridgehead atoms. The van der Waals surface area contributed by atoms with Gasteiger partial charge in [0.2, 0.25) is 0 Å². The molecule has 4 rings (SSSR count). The summed E-state index contributed by atoms with van der Waals surface area (Å²) in [7, 11) is 0. The standard InChI is InChI=1S/C23H18N2O2/c26-21(27)20-16-24-22(25-20)23(17-10-4-1-5-11-17,18-12-6-2-7-13-18)19-14-8-3-9-15-19/h1-16H,(H,24,25)(H,26,27). The maximum atomic E-state index is 11.5. The lowest BCUT2D eigenvalue weighted by atomic mass is 9.69. The molecular weight excluding hydrogens is 336 g/mol. The topological polar surface area (TPSA) is 66.0 Å². The fourth-order valence-corrected chi connectivity index (χ4v) is 3.60. The Hall–Kier alpha value is -3.66. The van der Waals surface area contributed by atoms with Crippen LogP contribution in [0.15, 0.2) is 97.2 Å². The van der Waals surface area contributed by atoms with Crippen molar-refractivity contribution in [3.05, 3.63) is 125 Å². The maximum absolute atomic E-state index is 11.5. The highest BCUT2D eigenvalue weighted by molar-refractivity contribution is 5.85. The van der Waals surface area contributed by atoms with Gasteiger partial charge >= 0.3 is 5.97 Å². The highest BCUT2D eigenvalue weighted by atomic mass is 16.4. The summed E-state index contributed by atoms with van der Waals surface area (Å²) < 4.78 is 0. The van der Waals surface area contributed by atoms with E-state index < -0.39 is 11.4 Å². The molecular formula is C23H18N2O2. The number of aromatic amines is 1. The second-order valence-electron chi connectivity index (χ2n) is 6.30. The van der Waals surface area contributed by atoms with E-state index in [-0.39, 0.29) is 5.69 Å². The molecule has 0 unspecified atom stereocenters. The molecule has 27 heavy (non-hydrogen) atoms. The number of benzene rings is 3. The molecule has 1 aromatic heterocycles. The van der Waals surface area contributed by atoms with Crippen LogP contribution in [0.25, 0.3) is 0 Å². The smallest absolute Gasteiger partial charge is 0.353 e. The van der Waals surface area contributed by atoms with Crippen molar-refractivity contribution in [3.63, 3.8) is 0 Å². The summed E-state index contributed by atoms with van der Waals surface area (Å²) in [6, 6.07) is 30.1. The Morgan fingerprint density at radius 2 is 1.15 bits per heavy atom. The Morgan fingerprint density at radius 3 is 1.48 bits per heavy atom. The molecule has 0 atom stereocenters. The largest absolute Gasteiger partial charge is 0.477 e. The van der Waals surface area contributed by atoms with Crippen molar-refractivity contribution in [3.8, 4) is 0 Å². The zero-order valence-corrected chi connectivity index (χ0v) is 14.5. The third-order valence-electron chi connectivity index (χ3n) is 4.78. The van der Waals surface area contributed by atoms with Crippen LogP contribution in [0.2, 0.25) is 0 Å². The quantitative estimate of drug-likeness (QED) is 0.519. The molecule has 4 nitrogen and oxygen atoms in total. The second-order valence-corrected chi connectivity index (χ2v) is 6.30. The van der Waals surface area contributed by atoms with Crippen molar-refractivity contribution >= 4 is 5.97 Å². The minimum atomic E-state index is -1.03. The molecule has 2 N–H and O–H groups in total. The van der Waals surface area contributed by atoms with Gasteiger partial charge in [-0.3, -0.25) is 0 Å². The molecule has 0 fully saturated rings. The highest BCUT2D eigenvalue weighted by Crippen LogP contribution is 2.43. The first-order valence-corrected chi connectivity index (χ1v) is 8.68. The molecule has 0 aliphatic heterocycles. The number of H-pyrrole nitrogens is 1. The van der Waals surface area contributed by atoms with E-state index in [1.54, 1.807) is 0 Å². The molecule has 132 valence electrons. The van der Waals surface area contributed by atoms with Crippen LogP contribution in [-0.2, 0) is 5.41 Å². The average molecular weight is 354 g/mol. The fraction of sp³-hybridized carbons (Fsp3) is 0.0435. The van der Waals surface area contributed by atoms with Gasteiger partial charge in [0, 0.05) is 0 Å². The third kappa shape index (κ3) is 2.81. The molecule has 0 radical (unpaired) electrons.